The molecule has 0 aromatic heterocycles. The predicted octanol–water partition coefficient (Wildman–Crippen LogP) is 2.82. The highest BCUT2D eigenvalue weighted by atomic mass is 35.5. The molecule has 0 radical (unpaired) electrons. The van der Waals surface area contributed by atoms with Crippen LogP contribution in [-0.4, -0.2) is 25.8 Å². The molecule has 0 spiro atoms. The van der Waals surface area contributed by atoms with Crippen molar-refractivity contribution in [3.63, 3.8) is 0 Å². The Bertz CT molecular complexity index is 508. The van der Waals surface area contributed by atoms with E-state index < -0.39 is 5.97 Å². The van der Waals surface area contributed by atoms with Gasteiger partial charge in [-0.3, -0.25) is 0 Å². The van der Waals surface area contributed by atoms with Crippen LogP contribution < -0.4 is 9.47 Å². The van der Waals surface area contributed by atoms with Crippen LogP contribution in [0.15, 0.2) is 12.1 Å². The molecule has 1 aromatic rings. The van der Waals surface area contributed by atoms with Gasteiger partial charge in [0.05, 0.1) is 23.8 Å². The van der Waals surface area contributed by atoms with Crippen molar-refractivity contribution in [2.75, 3.05) is 13.7 Å². The lowest BCUT2D eigenvalue weighted by molar-refractivity contribution is 0.0554. The van der Waals surface area contributed by atoms with E-state index in [4.69, 9.17) is 31.1 Å². The quantitative estimate of drug-likeness (QED) is 0.777. The van der Waals surface area contributed by atoms with Crippen LogP contribution in [-0.2, 0) is 4.74 Å². The Labute approximate surface area is 116 Å². The Morgan fingerprint density at radius 3 is 2.68 bits per heavy atom. The van der Waals surface area contributed by atoms with Gasteiger partial charge in [-0.2, -0.15) is 5.26 Å². The summed E-state index contributed by atoms with van der Waals surface area (Å²) < 4.78 is 15.4. The van der Waals surface area contributed by atoms with Crippen LogP contribution in [0.2, 0.25) is 5.02 Å². The lowest BCUT2D eigenvalue weighted by Gasteiger charge is -2.15. The summed E-state index contributed by atoms with van der Waals surface area (Å²) in [7, 11) is 1.45. The van der Waals surface area contributed by atoms with Crippen LogP contribution >= 0.6 is 11.6 Å². The summed E-state index contributed by atoms with van der Waals surface area (Å²) in [5, 5.41) is 8.61. The molecule has 0 saturated carbocycles. The fourth-order valence-corrected chi connectivity index (χ4v) is 1.62. The van der Waals surface area contributed by atoms with Crippen LogP contribution in [0, 0.1) is 11.3 Å². The number of nitriles is 1. The average Bonchev–Trinajstić information content (AvgIpc) is 2.37. The van der Waals surface area contributed by atoms with Gasteiger partial charge in [0.15, 0.2) is 18.1 Å². The van der Waals surface area contributed by atoms with Gasteiger partial charge in [-0.1, -0.05) is 11.6 Å². The van der Waals surface area contributed by atoms with Gasteiger partial charge in [-0.25, -0.2) is 4.79 Å². The number of methoxy groups -OCH3 is 1. The van der Waals surface area contributed by atoms with Gasteiger partial charge in [-0.05, 0) is 26.0 Å². The fourth-order valence-electron chi connectivity index (χ4n) is 1.37. The largest absolute Gasteiger partial charge is 0.493 e. The molecular formula is C13H14ClNO4. The first-order chi connectivity index (χ1) is 8.99. The van der Waals surface area contributed by atoms with Crippen molar-refractivity contribution in [1.82, 2.24) is 0 Å². The molecule has 0 saturated heterocycles. The number of carbonyl (C=O) groups excluding carboxylic acids is 1. The molecule has 0 fully saturated rings. The van der Waals surface area contributed by atoms with Crippen LogP contribution in [0.25, 0.3) is 0 Å². The van der Waals surface area contributed by atoms with E-state index >= 15 is 0 Å². The fraction of sp³-hybridized carbons (Fsp3) is 0.385. The third kappa shape index (κ3) is 4.04. The monoisotopic (exact) mass is 283 g/mol. The van der Waals surface area contributed by atoms with Gasteiger partial charge in [0.2, 0.25) is 0 Å². The molecule has 19 heavy (non-hydrogen) atoms. The van der Waals surface area contributed by atoms with Gasteiger partial charge >= 0.3 is 5.97 Å². The van der Waals surface area contributed by atoms with Crippen molar-refractivity contribution in [3.05, 3.63) is 22.7 Å². The van der Waals surface area contributed by atoms with Gasteiger partial charge in [0.1, 0.15) is 6.07 Å². The number of ether oxygens (including phenoxy) is 3. The highest BCUT2D eigenvalue weighted by Crippen LogP contribution is 2.37. The predicted molar refractivity (Wildman–Crippen MR) is 69.7 cm³/mol. The SMILES string of the molecule is COc1cc(C(=O)OCC#N)cc(Cl)c1OC(C)C. The third-order valence-corrected chi connectivity index (χ3v) is 2.37. The topological polar surface area (TPSA) is 68.5 Å². The first-order valence-electron chi connectivity index (χ1n) is 5.57. The third-order valence-electron chi connectivity index (χ3n) is 2.09. The maximum Gasteiger partial charge on any atom is 0.339 e. The van der Waals surface area contributed by atoms with Crippen LogP contribution in [0.4, 0.5) is 0 Å². The number of halogens is 1. The molecule has 0 atom stereocenters. The number of nitrogens with zero attached hydrogens (tertiary/aromatic N) is 1. The van der Waals surface area contributed by atoms with E-state index in [0.29, 0.717) is 11.5 Å². The second kappa shape index (κ2) is 6.86. The first-order valence-corrected chi connectivity index (χ1v) is 5.95. The van der Waals surface area contributed by atoms with Gasteiger partial charge < -0.3 is 14.2 Å². The highest BCUT2D eigenvalue weighted by Gasteiger charge is 2.17. The molecule has 102 valence electrons. The molecule has 6 heteroatoms. The van der Waals surface area contributed by atoms with Crippen molar-refractivity contribution in [2.24, 2.45) is 0 Å². The summed E-state index contributed by atoms with van der Waals surface area (Å²) in [6, 6.07) is 4.60. The maximum absolute atomic E-state index is 11.6. The van der Waals surface area contributed by atoms with Crippen molar-refractivity contribution in [1.29, 1.82) is 5.26 Å². The normalized spacial score (nSPS) is 9.89. The van der Waals surface area contributed by atoms with Crippen molar-refractivity contribution in [2.45, 2.75) is 20.0 Å². The zero-order valence-electron chi connectivity index (χ0n) is 10.9. The Morgan fingerprint density at radius 2 is 2.16 bits per heavy atom. The molecule has 0 aliphatic heterocycles. The van der Waals surface area contributed by atoms with Crippen molar-refractivity contribution < 1.29 is 19.0 Å². The summed E-state index contributed by atoms with van der Waals surface area (Å²) in [5.74, 6) is 0.0685. The van der Waals surface area contributed by atoms with E-state index in [2.05, 4.69) is 0 Å². The molecule has 0 unspecified atom stereocenters. The van der Waals surface area contributed by atoms with E-state index in [9.17, 15) is 4.79 Å². The second-order valence-electron chi connectivity index (χ2n) is 3.89. The highest BCUT2D eigenvalue weighted by molar-refractivity contribution is 6.32. The Hall–Kier alpha value is -1.93. The van der Waals surface area contributed by atoms with E-state index in [1.54, 1.807) is 6.07 Å². The summed E-state index contributed by atoms with van der Waals surface area (Å²) in [4.78, 5) is 11.6. The number of rotatable bonds is 5. The summed E-state index contributed by atoms with van der Waals surface area (Å²) in [6.07, 6.45) is -0.0807. The van der Waals surface area contributed by atoms with Crippen LogP contribution in [0.1, 0.15) is 24.2 Å². The second-order valence-corrected chi connectivity index (χ2v) is 4.30. The number of benzene rings is 1. The Kier molecular flexibility index (Phi) is 5.46. The summed E-state index contributed by atoms with van der Waals surface area (Å²) >= 11 is 6.06. The number of esters is 1. The Balaban J connectivity index is 3.09. The lowest BCUT2D eigenvalue weighted by atomic mass is 10.2. The molecule has 0 bridgehead atoms. The molecule has 1 aromatic carbocycles. The van der Waals surface area contributed by atoms with E-state index in [1.165, 1.54) is 19.2 Å². The zero-order valence-corrected chi connectivity index (χ0v) is 11.7. The molecule has 0 amide bonds. The van der Waals surface area contributed by atoms with Gasteiger partial charge in [0.25, 0.3) is 0 Å². The zero-order chi connectivity index (χ0) is 14.4. The minimum Gasteiger partial charge on any atom is -0.493 e. The molecule has 0 aliphatic carbocycles. The van der Waals surface area contributed by atoms with E-state index in [1.807, 2.05) is 13.8 Å². The van der Waals surface area contributed by atoms with E-state index in [-0.39, 0.29) is 23.3 Å². The smallest absolute Gasteiger partial charge is 0.339 e. The first kappa shape index (κ1) is 15.1. The maximum atomic E-state index is 11.6. The van der Waals surface area contributed by atoms with Crippen LogP contribution in [0.3, 0.4) is 0 Å². The van der Waals surface area contributed by atoms with Gasteiger partial charge in [0, 0.05) is 0 Å². The van der Waals surface area contributed by atoms with Gasteiger partial charge in [-0.15, -0.1) is 0 Å². The Morgan fingerprint density at radius 1 is 1.47 bits per heavy atom. The molecule has 0 heterocycles. The molecular weight excluding hydrogens is 270 g/mol. The van der Waals surface area contributed by atoms with E-state index in [0.717, 1.165) is 0 Å². The number of hydrogen-bond acceptors (Lipinski definition) is 5. The lowest BCUT2D eigenvalue weighted by Crippen LogP contribution is -2.09. The van der Waals surface area contributed by atoms with Crippen molar-refractivity contribution >= 4 is 17.6 Å². The summed E-state index contributed by atoms with van der Waals surface area (Å²) in [5.41, 5.74) is 0.202. The minimum atomic E-state index is -0.641. The summed E-state index contributed by atoms with van der Waals surface area (Å²) in [6.45, 7) is 3.39. The number of carbonyl (C=O) groups is 1. The molecule has 1 rings (SSSR count). The minimum absolute atomic E-state index is 0.0807. The number of hydrogen-bond donors (Lipinski definition) is 0. The molecule has 0 aliphatic rings. The molecule has 0 N–H and O–H groups in total. The molecule has 5 nitrogen and oxygen atoms in total. The van der Waals surface area contributed by atoms with Crippen LogP contribution in [0.5, 0.6) is 11.5 Å². The van der Waals surface area contributed by atoms with Crippen molar-refractivity contribution in [3.8, 4) is 17.6 Å². The standard InChI is InChI=1S/C13H14ClNO4/c1-8(2)19-12-10(14)6-9(7-11(12)17-3)13(16)18-5-4-15/h6-8H,5H2,1-3H3. The average molecular weight is 284 g/mol.